The molecule has 0 N–H and O–H groups in total. The molecule has 20 heavy (non-hydrogen) atoms. The summed E-state index contributed by atoms with van der Waals surface area (Å²) in [4.78, 5) is 24.4. The summed E-state index contributed by atoms with van der Waals surface area (Å²) < 4.78 is 10.9. The van der Waals surface area contributed by atoms with Gasteiger partial charge in [-0.2, -0.15) is 0 Å². The highest BCUT2D eigenvalue weighted by molar-refractivity contribution is 5.82. The van der Waals surface area contributed by atoms with E-state index >= 15 is 0 Å². The molecule has 2 aliphatic heterocycles. The van der Waals surface area contributed by atoms with E-state index in [2.05, 4.69) is 14.9 Å². The maximum atomic E-state index is 12.4. The van der Waals surface area contributed by atoms with Gasteiger partial charge in [0.05, 0.1) is 44.4 Å². The van der Waals surface area contributed by atoms with Crippen molar-refractivity contribution in [1.82, 2.24) is 14.9 Å². The van der Waals surface area contributed by atoms with E-state index in [0.717, 1.165) is 12.2 Å². The topological polar surface area (TPSA) is 67.8 Å². The maximum Gasteiger partial charge on any atom is 0.253 e. The fourth-order valence-electron chi connectivity index (χ4n) is 2.48. The van der Waals surface area contributed by atoms with Crippen LogP contribution in [0.1, 0.15) is 0 Å². The number of amides is 1. The minimum atomic E-state index is -0.415. The number of carbonyl (C=O) groups is 1. The number of aromatic nitrogens is 2. The average molecular weight is 278 g/mol. The Morgan fingerprint density at radius 1 is 1.15 bits per heavy atom. The number of anilines is 1. The number of carbonyl (C=O) groups excluding carboxylic acids is 1. The molecule has 108 valence electrons. The molecule has 0 radical (unpaired) electrons. The molecule has 0 aliphatic carbocycles. The molecule has 7 nitrogen and oxygen atoms in total. The van der Waals surface area contributed by atoms with Crippen molar-refractivity contribution in [3.8, 4) is 0 Å². The Balaban J connectivity index is 1.64. The van der Waals surface area contributed by atoms with Gasteiger partial charge in [0.2, 0.25) is 0 Å². The third kappa shape index (κ3) is 2.88. The first-order chi connectivity index (χ1) is 9.84. The smallest absolute Gasteiger partial charge is 0.253 e. The fraction of sp³-hybridized carbons (Fsp3) is 0.615. The lowest BCUT2D eigenvalue weighted by Crippen LogP contribution is -2.53. The summed E-state index contributed by atoms with van der Waals surface area (Å²) in [6, 6.07) is 0. The van der Waals surface area contributed by atoms with E-state index < -0.39 is 6.10 Å². The molecule has 7 heteroatoms. The lowest BCUT2D eigenvalue weighted by atomic mass is 10.2. The predicted molar refractivity (Wildman–Crippen MR) is 71.4 cm³/mol. The molecule has 1 aromatic heterocycles. The fourth-order valence-corrected chi connectivity index (χ4v) is 2.48. The zero-order chi connectivity index (χ0) is 13.8. The molecule has 2 saturated heterocycles. The lowest BCUT2D eigenvalue weighted by Gasteiger charge is -2.36. The number of nitrogens with zero attached hydrogens (tertiary/aromatic N) is 4. The minimum Gasteiger partial charge on any atom is -0.378 e. The third-order valence-electron chi connectivity index (χ3n) is 3.58. The van der Waals surface area contributed by atoms with Crippen LogP contribution in [0.15, 0.2) is 18.7 Å². The second kappa shape index (κ2) is 6.15. The van der Waals surface area contributed by atoms with E-state index in [-0.39, 0.29) is 5.91 Å². The van der Waals surface area contributed by atoms with Gasteiger partial charge in [-0.05, 0) is 0 Å². The lowest BCUT2D eigenvalue weighted by molar-refractivity contribution is -0.148. The zero-order valence-electron chi connectivity index (χ0n) is 11.3. The third-order valence-corrected chi connectivity index (χ3v) is 3.58. The Bertz CT molecular complexity index is 450. The van der Waals surface area contributed by atoms with E-state index in [9.17, 15) is 4.79 Å². The molecule has 0 saturated carbocycles. The van der Waals surface area contributed by atoms with E-state index in [1.165, 1.54) is 6.33 Å². The van der Waals surface area contributed by atoms with E-state index in [1.54, 1.807) is 12.4 Å². The van der Waals surface area contributed by atoms with Gasteiger partial charge in [0.1, 0.15) is 6.33 Å². The summed E-state index contributed by atoms with van der Waals surface area (Å²) in [5.41, 5.74) is 0.926. The molecule has 2 fully saturated rings. The van der Waals surface area contributed by atoms with Crippen molar-refractivity contribution in [1.29, 1.82) is 0 Å². The molecule has 0 spiro atoms. The number of hydrogen-bond acceptors (Lipinski definition) is 6. The zero-order valence-corrected chi connectivity index (χ0v) is 11.3. The Kier molecular flexibility index (Phi) is 4.08. The molecule has 3 heterocycles. The van der Waals surface area contributed by atoms with E-state index in [1.807, 2.05) is 4.90 Å². The van der Waals surface area contributed by atoms with Gasteiger partial charge >= 0.3 is 0 Å². The maximum absolute atomic E-state index is 12.4. The van der Waals surface area contributed by atoms with Crippen LogP contribution in [0.4, 0.5) is 5.69 Å². The van der Waals surface area contributed by atoms with E-state index in [4.69, 9.17) is 9.47 Å². The monoisotopic (exact) mass is 278 g/mol. The van der Waals surface area contributed by atoms with Crippen LogP contribution in [0.3, 0.4) is 0 Å². The van der Waals surface area contributed by atoms with Gasteiger partial charge in [-0.1, -0.05) is 0 Å². The molecule has 1 unspecified atom stereocenters. The van der Waals surface area contributed by atoms with Crippen LogP contribution in [-0.4, -0.2) is 72.9 Å². The molecule has 0 aromatic carbocycles. The van der Waals surface area contributed by atoms with Gasteiger partial charge in [-0.25, -0.2) is 9.97 Å². The summed E-state index contributed by atoms with van der Waals surface area (Å²) >= 11 is 0. The number of rotatable bonds is 2. The van der Waals surface area contributed by atoms with Crippen LogP contribution in [0.2, 0.25) is 0 Å². The van der Waals surface area contributed by atoms with Crippen molar-refractivity contribution in [3.63, 3.8) is 0 Å². The Morgan fingerprint density at radius 3 is 2.65 bits per heavy atom. The first-order valence-electron chi connectivity index (χ1n) is 6.83. The first-order valence-corrected chi connectivity index (χ1v) is 6.83. The normalized spacial score (nSPS) is 23.7. The molecular formula is C13H18N4O3. The first kappa shape index (κ1) is 13.3. The molecule has 0 bridgehead atoms. The molecule has 1 aromatic rings. The summed E-state index contributed by atoms with van der Waals surface area (Å²) in [5.74, 6) is 0.0508. The summed E-state index contributed by atoms with van der Waals surface area (Å²) in [7, 11) is 0. The average Bonchev–Trinajstić information content (AvgIpc) is 2.56. The molecule has 1 atom stereocenters. The highest BCUT2D eigenvalue weighted by Gasteiger charge is 2.31. The van der Waals surface area contributed by atoms with Gasteiger partial charge in [0.25, 0.3) is 5.91 Å². The Morgan fingerprint density at radius 2 is 1.90 bits per heavy atom. The van der Waals surface area contributed by atoms with Crippen molar-refractivity contribution >= 4 is 11.6 Å². The van der Waals surface area contributed by atoms with Crippen LogP contribution in [-0.2, 0) is 14.3 Å². The standard InChI is InChI=1S/C13H18N4O3/c18-13(16-1-4-19-5-2-16)12-9-17(3-6-20-12)11-7-14-10-15-8-11/h7-8,10,12H,1-6,9H2. The minimum absolute atomic E-state index is 0.0508. The van der Waals surface area contributed by atoms with Crippen LogP contribution in [0.25, 0.3) is 0 Å². The van der Waals surface area contributed by atoms with Gasteiger partial charge in [0.15, 0.2) is 6.10 Å². The number of morpholine rings is 2. The largest absolute Gasteiger partial charge is 0.378 e. The number of hydrogen-bond donors (Lipinski definition) is 0. The van der Waals surface area contributed by atoms with Gasteiger partial charge in [-0.3, -0.25) is 4.79 Å². The predicted octanol–water partition coefficient (Wildman–Crippen LogP) is -0.459. The highest BCUT2D eigenvalue weighted by Crippen LogP contribution is 2.16. The molecule has 1 amide bonds. The highest BCUT2D eigenvalue weighted by atomic mass is 16.5. The quantitative estimate of drug-likeness (QED) is 0.729. The van der Waals surface area contributed by atoms with Crippen molar-refractivity contribution in [2.45, 2.75) is 6.10 Å². The van der Waals surface area contributed by atoms with E-state index in [0.29, 0.717) is 39.5 Å². The van der Waals surface area contributed by atoms with Crippen molar-refractivity contribution in [3.05, 3.63) is 18.7 Å². The van der Waals surface area contributed by atoms with Gasteiger partial charge in [-0.15, -0.1) is 0 Å². The Hall–Kier alpha value is -1.73. The van der Waals surface area contributed by atoms with Crippen molar-refractivity contribution < 1.29 is 14.3 Å². The van der Waals surface area contributed by atoms with Gasteiger partial charge in [0, 0.05) is 19.6 Å². The second-order valence-corrected chi connectivity index (χ2v) is 4.84. The second-order valence-electron chi connectivity index (χ2n) is 4.84. The van der Waals surface area contributed by atoms with Gasteiger partial charge < -0.3 is 19.3 Å². The molecule has 3 rings (SSSR count). The van der Waals surface area contributed by atoms with Crippen molar-refractivity contribution in [2.24, 2.45) is 0 Å². The summed E-state index contributed by atoms with van der Waals surface area (Å²) in [5, 5.41) is 0. The summed E-state index contributed by atoms with van der Waals surface area (Å²) in [6.45, 7) is 4.34. The van der Waals surface area contributed by atoms with Crippen LogP contribution in [0, 0.1) is 0 Å². The SMILES string of the molecule is O=C(C1CN(c2cncnc2)CCO1)N1CCOCC1. The summed E-state index contributed by atoms with van der Waals surface area (Å²) in [6.07, 6.45) is 4.60. The number of ether oxygens (including phenoxy) is 2. The van der Waals surface area contributed by atoms with Crippen LogP contribution < -0.4 is 4.90 Å². The Labute approximate surface area is 117 Å². The van der Waals surface area contributed by atoms with Crippen LogP contribution >= 0.6 is 0 Å². The van der Waals surface area contributed by atoms with Crippen LogP contribution in [0.5, 0.6) is 0 Å². The molecule has 2 aliphatic rings. The van der Waals surface area contributed by atoms with Crippen molar-refractivity contribution in [2.75, 3.05) is 50.9 Å². The molecular weight excluding hydrogens is 260 g/mol.